The van der Waals surface area contributed by atoms with E-state index in [0.29, 0.717) is 43.9 Å². The highest BCUT2D eigenvalue weighted by atomic mass is 35.5. The Morgan fingerprint density at radius 2 is 1.94 bits per heavy atom. The average molecular weight is 491 g/mol. The van der Waals surface area contributed by atoms with E-state index < -0.39 is 28.3 Å². The SMILES string of the molecule is COC(=O)CCCCCNC(=O)[C@H](COC1CCCCO1)NS(=O)(=O)c1ccc(Cl)cc1. The lowest BCUT2D eigenvalue weighted by Gasteiger charge is -2.25. The monoisotopic (exact) mass is 490 g/mol. The Morgan fingerprint density at radius 3 is 2.59 bits per heavy atom. The summed E-state index contributed by atoms with van der Waals surface area (Å²) in [5, 5.41) is 3.14. The molecule has 0 aromatic heterocycles. The highest BCUT2D eigenvalue weighted by molar-refractivity contribution is 7.89. The van der Waals surface area contributed by atoms with Gasteiger partial charge in [0, 0.05) is 24.6 Å². The van der Waals surface area contributed by atoms with Crippen molar-refractivity contribution in [2.24, 2.45) is 0 Å². The molecule has 0 spiro atoms. The predicted molar refractivity (Wildman–Crippen MR) is 119 cm³/mol. The fraction of sp³-hybridized carbons (Fsp3) is 0.619. The molecule has 11 heteroatoms. The molecule has 180 valence electrons. The molecule has 1 aliphatic rings. The van der Waals surface area contributed by atoms with Gasteiger partial charge in [-0.05, 0) is 56.4 Å². The summed E-state index contributed by atoms with van der Waals surface area (Å²) >= 11 is 5.83. The topological polar surface area (TPSA) is 120 Å². The maximum absolute atomic E-state index is 12.8. The third kappa shape index (κ3) is 9.41. The Kier molecular flexibility index (Phi) is 11.4. The minimum absolute atomic E-state index is 0.00331. The summed E-state index contributed by atoms with van der Waals surface area (Å²) in [6.45, 7) is 0.758. The van der Waals surface area contributed by atoms with Crippen molar-refractivity contribution >= 4 is 33.5 Å². The Labute approximate surface area is 194 Å². The van der Waals surface area contributed by atoms with E-state index in [-0.39, 0.29) is 17.5 Å². The third-order valence-corrected chi connectivity index (χ3v) is 6.65. The van der Waals surface area contributed by atoms with E-state index in [0.717, 1.165) is 19.3 Å². The van der Waals surface area contributed by atoms with Gasteiger partial charge in [-0.1, -0.05) is 18.0 Å². The fourth-order valence-corrected chi connectivity index (χ4v) is 4.39. The zero-order valence-electron chi connectivity index (χ0n) is 18.2. The van der Waals surface area contributed by atoms with Gasteiger partial charge in [0.1, 0.15) is 6.04 Å². The molecule has 9 nitrogen and oxygen atoms in total. The van der Waals surface area contributed by atoms with Crippen LogP contribution in [0.1, 0.15) is 44.9 Å². The molecule has 0 bridgehead atoms. The van der Waals surface area contributed by atoms with Gasteiger partial charge in [-0.3, -0.25) is 9.59 Å². The molecule has 2 rings (SSSR count). The van der Waals surface area contributed by atoms with E-state index in [2.05, 4.69) is 14.8 Å². The van der Waals surface area contributed by atoms with E-state index in [1.54, 1.807) is 0 Å². The summed E-state index contributed by atoms with van der Waals surface area (Å²) in [5.74, 6) is -0.765. The molecule has 0 radical (unpaired) electrons. The summed E-state index contributed by atoms with van der Waals surface area (Å²) in [6, 6.07) is 4.53. The second kappa shape index (κ2) is 13.7. The van der Waals surface area contributed by atoms with E-state index in [9.17, 15) is 18.0 Å². The number of unbranched alkanes of at least 4 members (excludes halogenated alkanes) is 2. The molecular formula is C21H31ClN2O7S. The Morgan fingerprint density at radius 1 is 1.19 bits per heavy atom. The lowest BCUT2D eigenvalue weighted by atomic mass is 10.2. The number of amides is 1. The zero-order chi connectivity index (χ0) is 23.4. The molecule has 1 aliphatic heterocycles. The van der Waals surface area contributed by atoms with Crippen molar-refractivity contribution in [3.8, 4) is 0 Å². The van der Waals surface area contributed by atoms with Crippen LogP contribution >= 0.6 is 11.6 Å². The first kappa shape index (κ1) is 26.5. The van der Waals surface area contributed by atoms with Crippen LogP contribution in [0.5, 0.6) is 0 Å². The molecule has 2 N–H and O–H groups in total. The number of halogens is 1. The number of carbonyl (C=O) groups excluding carboxylic acids is 2. The summed E-state index contributed by atoms with van der Waals surface area (Å²) in [6.07, 6.45) is 4.47. The molecule has 1 amide bonds. The number of rotatable bonds is 13. The Bertz CT molecular complexity index is 827. The van der Waals surface area contributed by atoms with Gasteiger partial charge >= 0.3 is 5.97 Å². The van der Waals surface area contributed by atoms with Gasteiger partial charge in [-0.2, -0.15) is 4.72 Å². The van der Waals surface area contributed by atoms with Crippen LogP contribution in [0.3, 0.4) is 0 Å². The number of sulfonamides is 1. The number of nitrogens with one attached hydrogen (secondary N) is 2. The van der Waals surface area contributed by atoms with Gasteiger partial charge in [-0.25, -0.2) is 8.42 Å². The highest BCUT2D eigenvalue weighted by Crippen LogP contribution is 2.16. The van der Waals surface area contributed by atoms with Crippen LogP contribution in [0.2, 0.25) is 5.02 Å². The lowest BCUT2D eigenvalue weighted by Crippen LogP contribution is -2.50. The van der Waals surface area contributed by atoms with Crippen LogP contribution in [0, 0.1) is 0 Å². The van der Waals surface area contributed by atoms with Gasteiger partial charge in [0.25, 0.3) is 0 Å². The van der Waals surface area contributed by atoms with Crippen LogP contribution in [-0.4, -0.2) is 59.5 Å². The van der Waals surface area contributed by atoms with Gasteiger partial charge in [-0.15, -0.1) is 0 Å². The quantitative estimate of drug-likeness (QED) is 0.321. The number of ether oxygens (including phenoxy) is 3. The Hall–Kier alpha value is -1.72. The van der Waals surface area contributed by atoms with Gasteiger partial charge in [0.05, 0.1) is 18.6 Å². The van der Waals surface area contributed by atoms with Crippen molar-refractivity contribution in [2.45, 2.75) is 62.2 Å². The molecule has 1 heterocycles. The van der Waals surface area contributed by atoms with E-state index in [1.807, 2.05) is 0 Å². The molecule has 1 unspecified atom stereocenters. The molecule has 2 atom stereocenters. The smallest absolute Gasteiger partial charge is 0.305 e. The van der Waals surface area contributed by atoms with Crippen molar-refractivity contribution in [3.05, 3.63) is 29.3 Å². The van der Waals surface area contributed by atoms with Gasteiger partial charge in [0.2, 0.25) is 15.9 Å². The van der Waals surface area contributed by atoms with Crippen molar-refractivity contribution in [2.75, 3.05) is 26.9 Å². The molecular weight excluding hydrogens is 460 g/mol. The summed E-state index contributed by atoms with van der Waals surface area (Å²) < 4.78 is 43.7. The predicted octanol–water partition coefficient (Wildman–Crippen LogP) is 2.38. The van der Waals surface area contributed by atoms with Crippen molar-refractivity contribution < 1.29 is 32.2 Å². The number of methoxy groups -OCH3 is 1. The molecule has 0 saturated carbocycles. The first-order chi connectivity index (χ1) is 15.3. The number of hydrogen-bond acceptors (Lipinski definition) is 7. The maximum atomic E-state index is 12.8. The van der Waals surface area contributed by atoms with Crippen LogP contribution < -0.4 is 10.0 Å². The first-order valence-corrected chi connectivity index (χ1v) is 12.5. The van der Waals surface area contributed by atoms with E-state index >= 15 is 0 Å². The summed E-state index contributed by atoms with van der Waals surface area (Å²) in [5.41, 5.74) is 0. The van der Waals surface area contributed by atoms with Crippen molar-refractivity contribution in [1.82, 2.24) is 10.0 Å². The van der Waals surface area contributed by atoms with Crippen molar-refractivity contribution in [1.29, 1.82) is 0 Å². The highest BCUT2D eigenvalue weighted by Gasteiger charge is 2.27. The zero-order valence-corrected chi connectivity index (χ0v) is 19.8. The summed E-state index contributed by atoms with van der Waals surface area (Å²) in [4.78, 5) is 23.8. The second-order valence-electron chi connectivity index (χ2n) is 7.44. The minimum atomic E-state index is -3.97. The summed E-state index contributed by atoms with van der Waals surface area (Å²) in [7, 11) is -2.63. The van der Waals surface area contributed by atoms with E-state index in [1.165, 1.54) is 31.4 Å². The molecule has 0 aliphatic carbocycles. The van der Waals surface area contributed by atoms with Crippen molar-refractivity contribution in [3.63, 3.8) is 0 Å². The standard InChI is InChI=1S/C21H31ClN2O7S/c1-29-19(25)7-3-2-5-13-23-21(26)18(15-31-20-8-4-6-14-30-20)24-32(27,28)17-11-9-16(22)10-12-17/h9-12,18,20,24H,2-8,13-15H2,1H3,(H,23,26)/t18-,20?/m0/s1. The molecule has 1 aromatic rings. The molecule has 32 heavy (non-hydrogen) atoms. The third-order valence-electron chi connectivity index (χ3n) is 4.91. The Balaban J connectivity index is 1.92. The van der Waals surface area contributed by atoms with E-state index in [4.69, 9.17) is 21.1 Å². The van der Waals surface area contributed by atoms with Gasteiger partial charge < -0.3 is 19.5 Å². The van der Waals surface area contributed by atoms with Gasteiger partial charge in [0.15, 0.2) is 6.29 Å². The second-order valence-corrected chi connectivity index (χ2v) is 9.59. The molecule has 1 aromatic carbocycles. The lowest BCUT2D eigenvalue weighted by molar-refractivity contribution is -0.167. The normalized spacial score (nSPS) is 17.5. The molecule has 1 saturated heterocycles. The number of hydrogen-bond donors (Lipinski definition) is 2. The fourth-order valence-electron chi connectivity index (χ4n) is 3.09. The van der Waals surface area contributed by atoms with Crippen LogP contribution in [0.15, 0.2) is 29.2 Å². The maximum Gasteiger partial charge on any atom is 0.305 e. The molecule has 1 fully saturated rings. The number of esters is 1. The van der Waals surface area contributed by atoms with Crippen LogP contribution in [-0.2, 0) is 33.8 Å². The van der Waals surface area contributed by atoms with Crippen LogP contribution in [0.25, 0.3) is 0 Å². The first-order valence-electron chi connectivity index (χ1n) is 10.7. The largest absolute Gasteiger partial charge is 0.469 e. The number of carbonyl (C=O) groups is 2. The van der Waals surface area contributed by atoms with Crippen LogP contribution in [0.4, 0.5) is 0 Å². The minimum Gasteiger partial charge on any atom is -0.469 e. The average Bonchev–Trinajstić information content (AvgIpc) is 2.79. The number of benzene rings is 1.